The minimum absolute atomic E-state index is 0.0994. The summed E-state index contributed by atoms with van der Waals surface area (Å²) in [6.45, 7) is 10.6. The lowest BCUT2D eigenvalue weighted by atomic mass is 10.1. The van der Waals surface area contributed by atoms with Gasteiger partial charge in [-0.15, -0.1) is 13.2 Å². The Morgan fingerprint density at radius 2 is 1.50 bits per heavy atom. The highest BCUT2D eigenvalue weighted by Crippen LogP contribution is 2.10. The molecule has 0 atom stereocenters. The predicted octanol–water partition coefficient (Wildman–Crippen LogP) is 4.08. The minimum atomic E-state index is -0.0994. The van der Waals surface area contributed by atoms with Crippen molar-refractivity contribution in [2.24, 2.45) is 0 Å². The van der Waals surface area contributed by atoms with Gasteiger partial charge in [-0.1, -0.05) is 44.8 Å². The number of hydrogen-bond acceptors (Lipinski definition) is 2. The van der Waals surface area contributed by atoms with Gasteiger partial charge in [0.25, 0.3) is 0 Å². The molecule has 0 spiro atoms. The lowest BCUT2D eigenvalue weighted by molar-refractivity contribution is -0.131. The summed E-state index contributed by atoms with van der Waals surface area (Å²) in [4.78, 5) is 0. The third-order valence-corrected chi connectivity index (χ3v) is 2.34. The normalized spacial score (nSPS) is 10.6. The maximum Gasteiger partial charge on any atom is 0.158 e. The third kappa shape index (κ3) is 9.94. The highest BCUT2D eigenvalue weighted by atomic mass is 16.7. The Hall–Kier alpha value is -0.600. The summed E-state index contributed by atoms with van der Waals surface area (Å²) >= 11 is 0. The van der Waals surface area contributed by atoms with E-state index in [0.29, 0.717) is 13.2 Å². The Morgan fingerprint density at radius 3 is 2.00 bits per heavy atom. The van der Waals surface area contributed by atoms with Crippen molar-refractivity contribution < 1.29 is 9.47 Å². The standard InChI is InChI=1S/C14H26O2/c1-4-7-8-9-10-11-14(15-12-5-2)16-13-6-3/h5-6,14H,2-4,7-13H2,1H3. The molecule has 0 rings (SSSR count). The Balaban J connectivity index is 3.55. The molecule has 94 valence electrons. The Labute approximate surface area is 100 Å². The molecule has 0 amide bonds. The van der Waals surface area contributed by atoms with Crippen LogP contribution in [0.3, 0.4) is 0 Å². The van der Waals surface area contributed by atoms with Crippen LogP contribution in [0.5, 0.6) is 0 Å². The summed E-state index contributed by atoms with van der Waals surface area (Å²) in [5.74, 6) is 0. The van der Waals surface area contributed by atoms with E-state index in [0.717, 1.165) is 6.42 Å². The zero-order chi connectivity index (χ0) is 12.1. The lowest BCUT2D eigenvalue weighted by Crippen LogP contribution is -2.17. The van der Waals surface area contributed by atoms with Gasteiger partial charge in [-0.2, -0.15) is 0 Å². The fourth-order valence-corrected chi connectivity index (χ4v) is 1.48. The van der Waals surface area contributed by atoms with E-state index >= 15 is 0 Å². The van der Waals surface area contributed by atoms with Gasteiger partial charge >= 0.3 is 0 Å². The van der Waals surface area contributed by atoms with Gasteiger partial charge in [-0.3, -0.25) is 0 Å². The molecule has 2 heteroatoms. The van der Waals surface area contributed by atoms with E-state index in [1.807, 2.05) is 0 Å². The molecular weight excluding hydrogens is 200 g/mol. The summed E-state index contributed by atoms with van der Waals surface area (Å²) in [7, 11) is 0. The predicted molar refractivity (Wildman–Crippen MR) is 69.5 cm³/mol. The third-order valence-electron chi connectivity index (χ3n) is 2.34. The van der Waals surface area contributed by atoms with Crippen molar-refractivity contribution in [2.75, 3.05) is 13.2 Å². The zero-order valence-electron chi connectivity index (χ0n) is 10.6. The van der Waals surface area contributed by atoms with E-state index in [4.69, 9.17) is 9.47 Å². The SMILES string of the molecule is C=CCOC(CCCCCCC)OCC=C. The van der Waals surface area contributed by atoms with Crippen molar-refractivity contribution in [1.82, 2.24) is 0 Å². The van der Waals surface area contributed by atoms with Crippen LogP contribution in [0.2, 0.25) is 0 Å². The molecule has 0 saturated heterocycles. The fraction of sp³-hybridized carbons (Fsp3) is 0.714. The van der Waals surface area contributed by atoms with Crippen LogP contribution in [0.1, 0.15) is 45.4 Å². The number of ether oxygens (including phenoxy) is 2. The van der Waals surface area contributed by atoms with Gasteiger partial charge in [-0.25, -0.2) is 0 Å². The van der Waals surface area contributed by atoms with Crippen LogP contribution in [-0.4, -0.2) is 19.5 Å². The average Bonchev–Trinajstić information content (AvgIpc) is 2.31. The van der Waals surface area contributed by atoms with Gasteiger partial charge in [0.2, 0.25) is 0 Å². The monoisotopic (exact) mass is 226 g/mol. The summed E-state index contributed by atoms with van der Waals surface area (Å²) in [5, 5.41) is 0. The first-order valence-corrected chi connectivity index (χ1v) is 6.30. The molecule has 2 nitrogen and oxygen atoms in total. The van der Waals surface area contributed by atoms with Crippen LogP contribution in [0.25, 0.3) is 0 Å². The second-order valence-electron chi connectivity index (χ2n) is 3.88. The topological polar surface area (TPSA) is 18.5 Å². The first-order valence-electron chi connectivity index (χ1n) is 6.30. The molecule has 0 saturated carbocycles. The zero-order valence-corrected chi connectivity index (χ0v) is 10.6. The minimum Gasteiger partial charge on any atom is -0.349 e. The van der Waals surface area contributed by atoms with Crippen LogP contribution in [0, 0.1) is 0 Å². The maximum atomic E-state index is 5.51. The molecule has 0 unspecified atom stereocenters. The van der Waals surface area contributed by atoms with Crippen LogP contribution >= 0.6 is 0 Å². The van der Waals surface area contributed by atoms with Crippen molar-refractivity contribution in [1.29, 1.82) is 0 Å². The van der Waals surface area contributed by atoms with Crippen LogP contribution in [0.4, 0.5) is 0 Å². The van der Waals surface area contributed by atoms with E-state index in [-0.39, 0.29) is 6.29 Å². The molecule has 0 aromatic heterocycles. The molecule has 0 N–H and O–H groups in total. The Bertz CT molecular complexity index is 154. The maximum absolute atomic E-state index is 5.51. The van der Waals surface area contributed by atoms with Crippen molar-refractivity contribution in [3.63, 3.8) is 0 Å². The van der Waals surface area contributed by atoms with E-state index < -0.39 is 0 Å². The highest BCUT2D eigenvalue weighted by Gasteiger charge is 2.07. The molecule has 0 aromatic carbocycles. The first-order chi connectivity index (χ1) is 7.85. The second kappa shape index (κ2) is 12.5. The fourth-order valence-electron chi connectivity index (χ4n) is 1.48. The molecular formula is C14H26O2. The van der Waals surface area contributed by atoms with Gasteiger partial charge in [0.15, 0.2) is 6.29 Å². The molecule has 0 aliphatic carbocycles. The van der Waals surface area contributed by atoms with Gasteiger partial charge in [0.1, 0.15) is 0 Å². The van der Waals surface area contributed by atoms with Gasteiger partial charge in [0, 0.05) is 0 Å². The highest BCUT2D eigenvalue weighted by molar-refractivity contribution is 4.67. The molecule has 0 fully saturated rings. The number of unbranched alkanes of at least 4 members (excludes halogenated alkanes) is 4. The van der Waals surface area contributed by atoms with Crippen molar-refractivity contribution >= 4 is 0 Å². The summed E-state index contributed by atoms with van der Waals surface area (Å²) < 4.78 is 11.0. The van der Waals surface area contributed by atoms with Gasteiger partial charge < -0.3 is 9.47 Å². The number of rotatable bonds is 12. The van der Waals surface area contributed by atoms with Crippen LogP contribution < -0.4 is 0 Å². The molecule has 0 aliphatic rings. The Kier molecular flexibility index (Phi) is 12.0. The quantitative estimate of drug-likeness (QED) is 0.283. The second-order valence-corrected chi connectivity index (χ2v) is 3.88. The lowest BCUT2D eigenvalue weighted by Gasteiger charge is -2.16. The molecule has 0 bridgehead atoms. The molecule has 0 aliphatic heterocycles. The molecule has 0 radical (unpaired) electrons. The van der Waals surface area contributed by atoms with Crippen LogP contribution in [0.15, 0.2) is 25.3 Å². The molecule has 0 aromatic rings. The average molecular weight is 226 g/mol. The largest absolute Gasteiger partial charge is 0.349 e. The summed E-state index contributed by atoms with van der Waals surface area (Å²) in [6, 6.07) is 0. The van der Waals surface area contributed by atoms with Crippen molar-refractivity contribution in [3.8, 4) is 0 Å². The first kappa shape index (κ1) is 15.4. The van der Waals surface area contributed by atoms with E-state index in [1.54, 1.807) is 12.2 Å². The smallest absolute Gasteiger partial charge is 0.158 e. The van der Waals surface area contributed by atoms with E-state index in [9.17, 15) is 0 Å². The van der Waals surface area contributed by atoms with Crippen molar-refractivity contribution in [2.45, 2.75) is 51.7 Å². The van der Waals surface area contributed by atoms with E-state index in [2.05, 4.69) is 20.1 Å². The number of hydrogen-bond donors (Lipinski definition) is 0. The summed E-state index contributed by atoms with van der Waals surface area (Å²) in [6.07, 6.45) is 10.7. The van der Waals surface area contributed by atoms with Gasteiger partial charge in [0.05, 0.1) is 13.2 Å². The Morgan fingerprint density at radius 1 is 0.938 bits per heavy atom. The van der Waals surface area contributed by atoms with Crippen LogP contribution in [-0.2, 0) is 9.47 Å². The molecule has 16 heavy (non-hydrogen) atoms. The summed E-state index contributed by atoms with van der Waals surface area (Å²) in [5.41, 5.74) is 0. The van der Waals surface area contributed by atoms with Gasteiger partial charge in [-0.05, 0) is 12.8 Å². The molecule has 0 heterocycles. The van der Waals surface area contributed by atoms with Crippen molar-refractivity contribution in [3.05, 3.63) is 25.3 Å². The van der Waals surface area contributed by atoms with E-state index in [1.165, 1.54) is 32.1 Å².